The molecule has 1 aliphatic rings. The zero-order valence-corrected chi connectivity index (χ0v) is 10.6. The molecule has 16 heavy (non-hydrogen) atoms. The summed E-state index contributed by atoms with van der Waals surface area (Å²) in [6, 6.07) is 0. The van der Waals surface area contributed by atoms with E-state index in [2.05, 4.69) is 23.8 Å². The van der Waals surface area contributed by atoms with Gasteiger partial charge in [0.15, 0.2) is 0 Å². The molecule has 1 heterocycles. The van der Waals surface area contributed by atoms with Crippen molar-refractivity contribution in [2.24, 2.45) is 11.8 Å². The van der Waals surface area contributed by atoms with Crippen LogP contribution in [-0.4, -0.2) is 9.97 Å². The zero-order valence-electron chi connectivity index (χ0n) is 9.83. The third kappa shape index (κ3) is 2.46. The Balaban J connectivity index is 2.20. The second kappa shape index (κ2) is 4.58. The van der Waals surface area contributed by atoms with Gasteiger partial charge in [0.1, 0.15) is 5.15 Å². The Morgan fingerprint density at radius 2 is 2.19 bits per heavy atom. The summed E-state index contributed by atoms with van der Waals surface area (Å²) in [6.45, 7) is 4.52. The monoisotopic (exact) mass is 239 g/mol. The van der Waals surface area contributed by atoms with Crippen LogP contribution < -0.4 is 5.73 Å². The molecule has 88 valence electrons. The lowest BCUT2D eigenvalue weighted by Gasteiger charge is -2.25. The minimum atomic E-state index is 0.300. The molecule has 2 N–H and O–H groups in total. The Hall–Kier alpha value is -0.830. The molecule has 3 nitrogen and oxygen atoms in total. The van der Waals surface area contributed by atoms with Crippen LogP contribution in [0.3, 0.4) is 0 Å². The molecular weight excluding hydrogens is 222 g/mol. The van der Waals surface area contributed by atoms with E-state index < -0.39 is 0 Å². The zero-order chi connectivity index (χ0) is 11.7. The van der Waals surface area contributed by atoms with Gasteiger partial charge in [-0.1, -0.05) is 25.4 Å². The van der Waals surface area contributed by atoms with Gasteiger partial charge in [0, 0.05) is 5.56 Å². The van der Waals surface area contributed by atoms with Gasteiger partial charge in [-0.3, -0.25) is 0 Å². The molecule has 0 aromatic carbocycles. The molecule has 0 fully saturated rings. The lowest BCUT2D eigenvalue weighted by atomic mass is 9.82. The molecule has 4 heteroatoms. The Labute approximate surface area is 101 Å². The van der Waals surface area contributed by atoms with E-state index in [0.29, 0.717) is 11.1 Å². The number of halogens is 1. The highest BCUT2D eigenvalue weighted by Crippen LogP contribution is 2.31. The lowest BCUT2D eigenvalue weighted by Crippen LogP contribution is -2.19. The van der Waals surface area contributed by atoms with Crippen LogP contribution in [0.5, 0.6) is 0 Å². The maximum atomic E-state index is 6.07. The first-order valence-corrected chi connectivity index (χ1v) is 6.24. The molecule has 1 aromatic heterocycles. The van der Waals surface area contributed by atoms with E-state index in [-0.39, 0.29) is 0 Å². The van der Waals surface area contributed by atoms with Gasteiger partial charge in [-0.05, 0) is 37.5 Å². The summed E-state index contributed by atoms with van der Waals surface area (Å²) in [4.78, 5) is 8.32. The molecule has 0 radical (unpaired) electrons. The quantitative estimate of drug-likeness (QED) is 0.808. The van der Waals surface area contributed by atoms with E-state index in [0.717, 1.165) is 35.9 Å². The molecule has 1 atom stereocenters. The number of hydrogen-bond acceptors (Lipinski definition) is 3. The van der Waals surface area contributed by atoms with Gasteiger partial charge in [-0.25, -0.2) is 9.97 Å². The number of aromatic nitrogens is 2. The van der Waals surface area contributed by atoms with Gasteiger partial charge in [0.05, 0.1) is 5.69 Å². The maximum Gasteiger partial charge on any atom is 0.221 e. The third-order valence-electron chi connectivity index (χ3n) is 3.15. The third-order valence-corrected chi connectivity index (χ3v) is 3.46. The van der Waals surface area contributed by atoms with Crippen LogP contribution in [0.4, 0.5) is 5.95 Å². The summed E-state index contributed by atoms with van der Waals surface area (Å²) < 4.78 is 0. The first-order chi connectivity index (χ1) is 7.56. The molecule has 0 bridgehead atoms. The normalized spacial score (nSPS) is 19.9. The SMILES string of the molecule is CC(C)CC1CCc2c(Cl)nc(N)nc2C1. The van der Waals surface area contributed by atoms with Crippen LogP contribution >= 0.6 is 11.6 Å². The van der Waals surface area contributed by atoms with Gasteiger partial charge >= 0.3 is 0 Å². The van der Waals surface area contributed by atoms with E-state index in [4.69, 9.17) is 17.3 Å². The molecule has 1 unspecified atom stereocenters. The summed E-state index contributed by atoms with van der Waals surface area (Å²) in [5, 5.41) is 0.547. The van der Waals surface area contributed by atoms with Gasteiger partial charge in [0.2, 0.25) is 5.95 Å². The van der Waals surface area contributed by atoms with Crippen LogP contribution in [0.25, 0.3) is 0 Å². The smallest absolute Gasteiger partial charge is 0.221 e. The minimum Gasteiger partial charge on any atom is -0.368 e. The molecule has 2 rings (SSSR count). The van der Waals surface area contributed by atoms with Crippen LogP contribution in [0, 0.1) is 11.8 Å². The van der Waals surface area contributed by atoms with Gasteiger partial charge in [0.25, 0.3) is 0 Å². The number of hydrogen-bond donors (Lipinski definition) is 1. The van der Waals surface area contributed by atoms with Gasteiger partial charge < -0.3 is 5.73 Å². The van der Waals surface area contributed by atoms with Crippen molar-refractivity contribution >= 4 is 17.5 Å². The van der Waals surface area contributed by atoms with Crippen molar-refractivity contribution in [1.29, 1.82) is 0 Å². The number of nitrogens with two attached hydrogens (primary N) is 1. The maximum absolute atomic E-state index is 6.07. The predicted octanol–water partition coefficient (Wildman–Crippen LogP) is 2.86. The Kier molecular flexibility index (Phi) is 3.33. The number of anilines is 1. The average Bonchev–Trinajstić information content (AvgIpc) is 2.15. The Morgan fingerprint density at radius 1 is 1.44 bits per heavy atom. The molecule has 0 spiro atoms. The van der Waals surface area contributed by atoms with Crippen molar-refractivity contribution in [1.82, 2.24) is 9.97 Å². The largest absolute Gasteiger partial charge is 0.368 e. The van der Waals surface area contributed by atoms with Crippen molar-refractivity contribution < 1.29 is 0 Å². The Bertz CT molecular complexity index is 390. The summed E-state index contributed by atoms with van der Waals surface area (Å²) in [5.74, 6) is 1.76. The van der Waals surface area contributed by atoms with E-state index in [1.165, 1.54) is 12.8 Å². The highest BCUT2D eigenvalue weighted by atomic mass is 35.5. The molecular formula is C12H18ClN3. The van der Waals surface area contributed by atoms with Crippen LogP contribution in [0.15, 0.2) is 0 Å². The summed E-state index contributed by atoms with van der Waals surface area (Å²) in [7, 11) is 0. The molecule has 0 aliphatic heterocycles. The fraction of sp³-hybridized carbons (Fsp3) is 0.667. The molecule has 0 saturated heterocycles. The fourth-order valence-corrected chi connectivity index (χ4v) is 2.82. The predicted molar refractivity (Wildman–Crippen MR) is 66.4 cm³/mol. The summed E-state index contributed by atoms with van der Waals surface area (Å²) >= 11 is 6.07. The topological polar surface area (TPSA) is 51.8 Å². The number of nitrogens with zero attached hydrogens (tertiary/aromatic N) is 2. The molecule has 0 saturated carbocycles. The standard InChI is InChI=1S/C12H18ClN3/c1-7(2)5-8-3-4-9-10(6-8)15-12(14)16-11(9)13/h7-8H,3-6H2,1-2H3,(H2,14,15,16). The first kappa shape index (κ1) is 11.6. The molecule has 1 aliphatic carbocycles. The van der Waals surface area contributed by atoms with E-state index in [1.54, 1.807) is 0 Å². The van der Waals surface area contributed by atoms with Crippen LogP contribution in [-0.2, 0) is 12.8 Å². The van der Waals surface area contributed by atoms with Gasteiger partial charge in [-0.15, -0.1) is 0 Å². The minimum absolute atomic E-state index is 0.300. The molecule has 1 aromatic rings. The van der Waals surface area contributed by atoms with E-state index in [9.17, 15) is 0 Å². The van der Waals surface area contributed by atoms with E-state index in [1.807, 2.05) is 0 Å². The van der Waals surface area contributed by atoms with Crippen molar-refractivity contribution in [3.05, 3.63) is 16.4 Å². The lowest BCUT2D eigenvalue weighted by molar-refractivity contribution is 0.365. The highest BCUT2D eigenvalue weighted by Gasteiger charge is 2.23. The van der Waals surface area contributed by atoms with Crippen LogP contribution in [0.2, 0.25) is 5.15 Å². The summed E-state index contributed by atoms with van der Waals surface area (Å²) in [6.07, 6.45) is 4.44. The van der Waals surface area contributed by atoms with Crippen molar-refractivity contribution in [3.63, 3.8) is 0 Å². The van der Waals surface area contributed by atoms with Gasteiger partial charge in [-0.2, -0.15) is 0 Å². The number of fused-ring (bicyclic) bond motifs is 1. The second-order valence-electron chi connectivity index (χ2n) is 5.04. The number of nitrogen functional groups attached to an aromatic ring is 1. The highest BCUT2D eigenvalue weighted by molar-refractivity contribution is 6.30. The van der Waals surface area contributed by atoms with Crippen molar-refractivity contribution in [3.8, 4) is 0 Å². The van der Waals surface area contributed by atoms with Crippen molar-refractivity contribution in [2.75, 3.05) is 5.73 Å². The Morgan fingerprint density at radius 3 is 2.88 bits per heavy atom. The molecule has 0 amide bonds. The number of rotatable bonds is 2. The summed E-state index contributed by atoms with van der Waals surface area (Å²) in [5.41, 5.74) is 7.79. The average molecular weight is 240 g/mol. The second-order valence-corrected chi connectivity index (χ2v) is 5.39. The van der Waals surface area contributed by atoms with Crippen LogP contribution in [0.1, 0.15) is 37.9 Å². The first-order valence-electron chi connectivity index (χ1n) is 5.87. The van der Waals surface area contributed by atoms with Crippen molar-refractivity contribution in [2.45, 2.75) is 39.5 Å². The fourth-order valence-electron chi connectivity index (χ4n) is 2.53. The van der Waals surface area contributed by atoms with E-state index >= 15 is 0 Å².